The third-order valence-electron chi connectivity index (χ3n) is 5.61. The van der Waals surface area contributed by atoms with E-state index in [2.05, 4.69) is 0 Å². The maximum Gasteiger partial charge on any atom is 0.325 e. The largest absolute Gasteiger partial charge is 0.341 e. The van der Waals surface area contributed by atoms with Crippen LogP contribution < -0.4 is 4.90 Å². The van der Waals surface area contributed by atoms with Crippen LogP contribution in [0, 0.1) is 13.8 Å². The zero-order valence-electron chi connectivity index (χ0n) is 17.7. The number of carbonyl (C=O) groups excluding carboxylic acids is 2. The second kappa shape index (κ2) is 8.34. The lowest BCUT2D eigenvalue weighted by atomic mass is 10.1. The zero-order valence-corrected chi connectivity index (χ0v) is 18.5. The summed E-state index contributed by atoms with van der Waals surface area (Å²) in [6.45, 7) is 9.14. The Morgan fingerprint density at radius 1 is 1.03 bits per heavy atom. The number of sulfone groups is 1. The number of nitrogens with zero attached hydrogens (tertiary/aromatic N) is 3. The van der Waals surface area contributed by atoms with Crippen molar-refractivity contribution in [1.29, 1.82) is 0 Å². The predicted octanol–water partition coefficient (Wildman–Crippen LogP) is 2.36. The summed E-state index contributed by atoms with van der Waals surface area (Å²) in [5.41, 5.74) is 2.72. The fourth-order valence-corrected chi connectivity index (χ4v) is 6.45. The molecular weight excluding hydrogens is 390 g/mol. The third-order valence-corrected chi connectivity index (χ3v) is 7.31. The van der Waals surface area contributed by atoms with Gasteiger partial charge in [0.25, 0.3) is 0 Å². The standard InChI is InChI=1S/C21H31N3O4S/c1-5-7-22(8-6-2)20(25)12-23-18-13-29(27,28)14-19(18)24(21(23)26)17-10-15(3)9-16(4)11-17/h9-11,18-19H,5-8,12-14H2,1-4H3. The molecule has 2 atom stereocenters. The van der Waals surface area contributed by atoms with Crippen molar-refractivity contribution in [2.45, 2.75) is 52.6 Å². The van der Waals surface area contributed by atoms with E-state index in [0.29, 0.717) is 18.8 Å². The minimum absolute atomic E-state index is 0.0608. The first-order chi connectivity index (χ1) is 13.7. The molecule has 0 radical (unpaired) electrons. The smallest absolute Gasteiger partial charge is 0.325 e. The fourth-order valence-electron chi connectivity index (χ4n) is 4.50. The van der Waals surface area contributed by atoms with Crippen molar-refractivity contribution in [2.24, 2.45) is 0 Å². The van der Waals surface area contributed by atoms with Crippen molar-refractivity contribution in [1.82, 2.24) is 9.80 Å². The first-order valence-corrected chi connectivity index (χ1v) is 12.1. The monoisotopic (exact) mass is 421 g/mol. The van der Waals surface area contributed by atoms with E-state index in [-0.39, 0.29) is 30.0 Å². The molecule has 0 bridgehead atoms. The van der Waals surface area contributed by atoms with Gasteiger partial charge in [0.1, 0.15) is 6.54 Å². The highest BCUT2D eigenvalue weighted by molar-refractivity contribution is 7.91. The molecule has 29 heavy (non-hydrogen) atoms. The van der Waals surface area contributed by atoms with E-state index in [9.17, 15) is 18.0 Å². The number of carbonyl (C=O) groups is 2. The summed E-state index contributed by atoms with van der Waals surface area (Å²) < 4.78 is 24.7. The Balaban J connectivity index is 1.92. The van der Waals surface area contributed by atoms with Crippen LogP contribution >= 0.6 is 0 Å². The average molecular weight is 422 g/mol. The van der Waals surface area contributed by atoms with Crippen LogP contribution in [0.3, 0.4) is 0 Å². The minimum Gasteiger partial charge on any atom is -0.341 e. The van der Waals surface area contributed by atoms with Gasteiger partial charge in [0.2, 0.25) is 5.91 Å². The lowest BCUT2D eigenvalue weighted by molar-refractivity contribution is -0.132. The first kappa shape index (κ1) is 21.6. The molecule has 0 saturated carbocycles. The van der Waals surface area contributed by atoms with Gasteiger partial charge in [-0.25, -0.2) is 13.2 Å². The Bertz CT molecular complexity index is 873. The van der Waals surface area contributed by atoms with E-state index in [0.717, 1.165) is 24.0 Å². The SMILES string of the molecule is CCCN(CCC)C(=O)CN1C(=O)N(c2cc(C)cc(C)c2)C2CS(=O)(=O)CC21. The highest BCUT2D eigenvalue weighted by Crippen LogP contribution is 2.35. The van der Waals surface area contributed by atoms with Gasteiger partial charge >= 0.3 is 6.03 Å². The second-order valence-electron chi connectivity index (χ2n) is 8.22. The minimum atomic E-state index is -3.26. The Kier molecular flexibility index (Phi) is 6.22. The summed E-state index contributed by atoms with van der Waals surface area (Å²) in [5.74, 6) is -0.263. The van der Waals surface area contributed by atoms with E-state index in [1.165, 1.54) is 4.90 Å². The molecule has 2 heterocycles. The summed E-state index contributed by atoms with van der Waals surface area (Å²) in [5, 5.41) is 0. The van der Waals surface area contributed by atoms with Crippen molar-refractivity contribution in [3.63, 3.8) is 0 Å². The molecule has 0 aromatic heterocycles. The van der Waals surface area contributed by atoms with Crippen LogP contribution in [-0.4, -0.2) is 73.4 Å². The Morgan fingerprint density at radius 3 is 2.14 bits per heavy atom. The predicted molar refractivity (Wildman–Crippen MR) is 114 cm³/mol. The zero-order chi connectivity index (χ0) is 21.3. The van der Waals surface area contributed by atoms with Crippen molar-refractivity contribution >= 4 is 27.5 Å². The van der Waals surface area contributed by atoms with Crippen LogP contribution in [0.25, 0.3) is 0 Å². The van der Waals surface area contributed by atoms with E-state index >= 15 is 0 Å². The molecule has 2 aliphatic heterocycles. The van der Waals surface area contributed by atoms with E-state index in [4.69, 9.17) is 0 Å². The van der Waals surface area contributed by atoms with Gasteiger partial charge in [0.05, 0.1) is 23.6 Å². The van der Waals surface area contributed by atoms with Crippen LogP contribution in [0.5, 0.6) is 0 Å². The van der Waals surface area contributed by atoms with Crippen molar-refractivity contribution < 1.29 is 18.0 Å². The lowest BCUT2D eigenvalue weighted by Gasteiger charge is -2.27. The third kappa shape index (κ3) is 4.42. The molecule has 1 aromatic rings. The molecular formula is C21H31N3O4S. The molecule has 2 aliphatic rings. The van der Waals surface area contributed by atoms with Gasteiger partial charge in [0, 0.05) is 18.8 Å². The number of anilines is 1. The van der Waals surface area contributed by atoms with Gasteiger partial charge in [-0.2, -0.15) is 0 Å². The van der Waals surface area contributed by atoms with Gasteiger partial charge in [0.15, 0.2) is 9.84 Å². The molecule has 160 valence electrons. The highest BCUT2D eigenvalue weighted by Gasteiger charge is 2.54. The van der Waals surface area contributed by atoms with Gasteiger partial charge in [-0.05, 0) is 49.9 Å². The number of benzene rings is 1. The van der Waals surface area contributed by atoms with E-state index in [1.54, 1.807) is 9.80 Å². The van der Waals surface area contributed by atoms with Crippen LogP contribution in [0.4, 0.5) is 10.5 Å². The van der Waals surface area contributed by atoms with Crippen molar-refractivity contribution in [3.05, 3.63) is 29.3 Å². The Hall–Kier alpha value is -2.09. The highest BCUT2D eigenvalue weighted by atomic mass is 32.2. The molecule has 7 nitrogen and oxygen atoms in total. The topological polar surface area (TPSA) is 78.0 Å². The van der Waals surface area contributed by atoms with Gasteiger partial charge in [-0.3, -0.25) is 9.69 Å². The molecule has 3 rings (SSSR count). The van der Waals surface area contributed by atoms with Crippen LogP contribution in [0.15, 0.2) is 18.2 Å². The van der Waals surface area contributed by atoms with Crippen molar-refractivity contribution in [2.75, 3.05) is 36.0 Å². The molecule has 3 amide bonds. The number of hydrogen-bond donors (Lipinski definition) is 0. The first-order valence-electron chi connectivity index (χ1n) is 10.3. The molecule has 0 spiro atoms. The summed E-state index contributed by atoms with van der Waals surface area (Å²) in [4.78, 5) is 31.0. The fraction of sp³-hybridized carbons (Fsp3) is 0.619. The number of amides is 3. The molecule has 2 saturated heterocycles. The van der Waals surface area contributed by atoms with Crippen LogP contribution in [-0.2, 0) is 14.6 Å². The van der Waals surface area contributed by atoms with E-state index in [1.807, 2.05) is 45.9 Å². The quantitative estimate of drug-likeness (QED) is 0.633. The molecule has 1 aromatic carbocycles. The maximum absolute atomic E-state index is 13.3. The number of aryl methyl sites for hydroxylation is 2. The Labute approximate surface area is 173 Å². The Morgan fingerprint density at radius 2 is 1.59 bits per heavy atom. The number of hydrogen-bond acceptors (Lipinski definition) is 4. The summed E-state index contributed by atoms with van der Waals surface area (Å²) in [6.07, 6.45) is 1.68. The molecule has 2 unspecified atom stereocenters. The summed E-state index contributed by atoms with van der Waals surface area (Å²) in [6, 6.07) is 4.61. The van der Waals surface area contributed by atoms with E-state index < -0.39 is 21.9 Å². The number of urea groups is 1. The van der Waals surface area contributed by atoms with Gasteiger partial charge in [-0.15, -0.1) is 0 Å². The van der Waals surface area contributed by atoms with Crippen LogP contribution in [0.1, 0.15) is 37.8 Å². The van der Waals surface area contributed by atoms with Crippen molar-refractivity contribution in [3.8, 4) is 0 Å². The molecule has 0 aliphatic carbocycles. The normalized spacial score (nSPS) is 22.8. The molecule has 0 N–H and O–H groups in total. The van der Waals surface area contributed by atoms with Gasteiger partial charge in [-0.1, -0.05) is 19.9 Å². The lowest BCUT2D eigenvalue weighted by Crippen LogP contribution is -2.46. The maximum atomic E-state index is 13.3. The number of rotatable bonds is 7. The molecule has 2 fully saturated rings. The summed E-state index contributed by atoms with van der Waals surface area (Å²) in [7, 11) is -3.26. The average Bonchev–Trinajstić information content (AvgIpc) is 3.04. The molecule has 8 heteroatoms. The second-order valence-corrected chi connectivity index (χ2v) is 10.4. The summed E-state index contributed by atoms with van der Waals surface area (Å²) >= 11 is 0. The van der Waals surface area contributed by atoms with Gasteiger partial charge < -0.3 is 9.80 Å². The van der Waals surface area contributed by atoms with Crippen LogP contribution in [0.2, 0.25) is 0 Å². The number of fused-ring (bicyclic) bond motifs is 1.